The van der Waals surface area contributed by atoms with Crippen molar-refractivity contribution in [2.75, 3.05) is 12.0 Å². The minimum atomic E-state index is -1.10. The number of aliphatic hydroxyl groups is 1. The molecule has 2 heterocycles. The van der Waals surface area contributed by atoms with Gasteiger partial charge < -0.3 is 14.3 Å². The molecule has 1 aliphatic heterocycles. The average molecular weight is 484 g/mol. The van der Waals surface area contributed by atoms with Crippen molar-refractivity contribution in [2.45, 2.75) is 32.2 Å². The number of Topliss-reactive ketones (excluding diaryl/α,β-unsaturated/α-hetero) is 1. The first kappa shape index (κ1) is 23.6. The number of benzene rings is 2. The van der Waals surface area contributed by atoms with E-state index in [2.05, 4.69) is 0 Å². The first-order chi connectivity index (χ1) is 16.0. The van der Waals surface area contributed by atoms with Crippen LogP contribution in [0.3, 0.4) is 0 Å². The highest BCUT2D eigenvalue weighted by Gasteiger charge is 2.48. The van der Waals surface area contributed by atoms with Crippen LogP contribution < -0.4 is 9.64 Å². The molecule has 1 saturated heterocycles. The molecule has 4 rings (SSSR count). The van der Waals surface area contributed by atoms with Crippen molar-refractivity contribution in [2.24, 2.45) is 0 Å². The van der Waals surface area contributed by atoms with Gasteiger partial charge in [-0.3, -0.25) is 14.5 Å². The lowest BCUT2D eigenvalue weighted by atomic mass is 9.85. The molecule has 0 saturated carbocycles. The Labute approximate surface area is 201 Å². The Balaban J connectivity index is 1.97. The number of anilines is 1. The van der Waals surface area contributed by atoms with Gasteiger partial charge in [0.2, 0.25) is 0 Å². The van der Waals surface area contributed by atoms with Crippen LogP contribution in [-0.2, 0) is 15.0 Å². The van der Waals surface area contributed by atoms with Crippen LogP contribution in [0.15, 0.2) is 64.8 Å². The summed E-state index contributed by atoms with van der Waals surface area (Å²) in [5, 5.41) is 11.2. The normalized spacial score (nSPS) is 17.9. The molecule has 3 aromatic rings. The standard InChI is InChI=1S/C26H23ClFNO5/c1-26(2,3)14-7-10-19(33-4)16(12-14)23(30)21-22(20-6-5-11-34-20)29(25(32)24(21)31)15-8-9-18(28)17(27)13-15/h5-13,22,30H,1-4H3/b23-21+. The maximum atomic E-state index is 13.8. The molecule has 0 aliphatic carbocycles. The lowest BCUT2D eigenvalue weighted by Gasteiger charge is -2.24. The van der Waals surface area contributed by atoms with E-state index in [9.17, 15) is 19.1 Å². The van der Waals surface area contributed by atoms with Gasteiger partial charge in [0.05, 0.1) is 29.5 Å². The van der Waals surface area contributed by atoms with E-state index in [-0.39, 0.29) is 33.0 Å². The number of halogens is 2. The quantitative estimate of drug-likeness (QED) is 0.279. The molecule has 2 aromatic carbocycles. The zero-order valence-electron chi connectivity index (χ0n) is 19.1. The number of ether oxygens (including phenoxy) is 1. The minimum absolute atomic E-state index is 0.176. The van der Waals surface area contributed by atoms with Crippen LogP contribution in [0.2, 0.25) is 5.02 Å². The number of hydrogen-bond acceptors (Lipinski definition) is 5. The second-order valence-corrected chi connectivity index (χ2v) is 9.36. The summed E-state index contributed by atoms with van der Waals surface area (Å²) in [5.74, 6) is -2.32. The smallest absolute Gasteiger partial charge is 0.300 e. The summed E-state index contributed by atoms with van der Waals surface area (Å²) in [5.41, 5.74) is 0.915. The van der Waals surface area contributed by atoms with E-state index in [1.165, 1.54) is 25.5 Å². The van der Waals surface area contributed by atoms with Crippen molar-refractivity contribution in [1.82, 2.24) is 0 Å². The second kappa shape index (κ2) is 8.65. The van der Waals surface area contributed by atoms with Crippen LogP contribution in [-0.4, -0.2) is 23.9 Å². The van der Waals surface area contributed by atoms with Crippen molar-refractivity contribution in [3.8, 4) is 5.75 Å². The molecule has 1 N–H and O–H groups in total. The van der Waals surface area contributed by atoms with Crippen LogP contribution in [0.1, 0.15) is 43.7 Å². The molecule has 8 heteroatoms. The molecule has 34 heavy (non-hydrogen) atoms. The van der Waals surface area contributed by atoms with Crippen LogP contribution in [0.25, 0.3) is 5.76 Å². The molecule has 6 nitrogen and oxygen atoms in total. The third kappa shape index (κ3) is 3.96. The Morgan fingerprint density at radius 2 is 1.88 bits per heavy atom. The maximum Gasteiger partial charge on any atom is 0.300 e. The van der Waals surface area contributed by atoms with E-state index in [1.807, 2.05) is 26.8 Å². The number of aliphatic hydroxyl groups excluding tert-OH is 1. The van der Waals surface area contributed by atoms with Crippen molar-refractivity contribution in [3.05, 3.63) is 88.1 Å². The van der Waals surface area contributed by atoms with E-state index in [0.29, 0.717) is 5.75 Å². The number of ketones is 1. The monoisotopic (exact) mass is 483 g/mol. The first-order valence-electron chi connectivity index (χ1n) is 10.5. The summed E-state index contributed by atoms with van der Waals surface area (Å²) in [6, 6.07) is 11.1. The molecule has 1 amide bonds. The summed E-state index contributed by atoms with van der Waals surface area (Å²) in [4.78, 5) is 27.5. The van der Waals surface area contributed by atoms with Crippen molar-refractivity contribution in [1.29, 1.82) is 0 Å². The largest absolute Gasteiger partial charge is 0.507 e. The van der Waals surface area contributed by atoms with E-state index in [1.54, 1.807) is 24.3 Å². The van der Waals surface area contributed by atoms with Crippen molar-refractivity contribution < 1.29 is 28.2 Å². The fraction of sp³-hybridized carbons (Fsp3) is 0.231. The fourth-order valence-electron chi connectivity index (χ4n) is 3.95. The Kier molecular flexibility index (Phi) is 6.00. The van der Waals surface area contributed by atoms with Gasteiger partial charge in [0, 0.05) is 5.69 Å². The van der Waals surface area contributed by atoms with Gasteiger partial charge in [-0.25, -0.2) is 4.39 Å². The predicted molar refractivity (Wildman–Crippen MR) is 127 cm³/mol. The fourth-order valence-corrected chi connectivity index (χ4v) is 4.13. The van der Waals surface area contributed by atoms with E-state index < -0.39 is 29.3 Å². The molecule has 1 aliphatic rings. The van der Waals surface area contributed by atoms with Crippen molar-refractivity contribution >= 4 is 34.7 Å². The molecule has 0 bridgehead atoms. The number of hydrogen-bond donors (Lipinski definition) is 1. The van der Waals surface area contributed by atoms with Gasteiger partial charge in [-0.05, 0) is 53.4 Å². The Hall–Kier alpha value is -3.58. The summed E-state index contributed by atoms with van der Waals surface area (Å²) in [7, 11) is 1.45. The van der Waals surface area contributed by atoms with Gasteiger partial charge in [-0.15, -0.1) is 0 Å². The van der Waals surface area contributed by atoms with Crippen LogP contribution >= 0.6 is 11.6 Å². The molecule has 1 aromatic heterocycles. The number of furan rings is 1. The van der Waals surface area contributed by atoms with Gasteiger partial charge >= 0.3 is 0 Å². The molecule has 1 unspecified atom stereocenters. The topological polar surface area (TPSA) is 80.0 Å². The van der Waals surface area contributed by atoms with Crippen LogP contribution in [0.4, 0.5) is 10.1 Å². The molecular formula is C26H23ClFNO5. The maximum absolute atomic E-state index is 13.8. The minimum Gasteiger partial charge on any atom is -0.507 e. The van der Waals surface area contributed by atoms with Gasteiger partial charge in [-0.1, -0.05) is 38.4 Å². The zero-order chi connectivity index (χ0) is 24.8. The number of nitrogens with zero attached hydrogens (tertiary/aromatic N) is 1. The zero-order valence-corrected chi connectivity index (χ0v) is 19.8. The van der Waals surface area contributed by atoms with Gasteiger partial charge in [-0.2, -0.15) is 0 Å². The summed E-state index contributed by atoms with van der Waals surface area (Å²) in [6.45, 7) is 6.04. The Morgan fingerprint density at radius 1 is 1.15 bits per heavy atom. The summed E-state index contributed by atoms with van der Waals surface area (Å²) >= 11 is 5.94. The number of amides is 1. The van der Waals surface area contributed by atoms with E-state index in [0.717, 1.165) is 16.5 Å². The van der Waals surface area contributed by atoms with Gasteiger partial charge in [0.25, 0.3) is 11.7 Å². The first-order valence-corrected chi connectivity index (χ1v) is 10.9. The number of methoxy groups -OCH3 is 1. The van der Waals surface area contributed by atoms with E-state index >= 15 is 0 Å². The highest BCUT2D eigenvalue weighted by molar-refractivity contribution is 6.51. The van der Waals surface area contributed by atoms with Crippen LogP contribution in [0.5, 0.6) is 5.75 Å². The van der Waals surface area contributed by atoms with Crippen LogP contribution in [0, 0.1) is 5.82 Å². The molecule has 1 atom stereocenters. The van der Waals surface area contributed by atoms with E-state index in [4.69, 9.17) is 20.8 Å². The average Bonchev–Trinajstić information content (AvgIpc) is 3.41. The van der Waals surface area contributed by atoms with Gasteiger partial charge in [0.15, 0.2) is 0 Å². The molecule has 176 valence electrons. The SMILES string of the molecule is COc1ccc(C(C)(C)C)cc1/C(O)=C1\C(=O)C(=O)N(c2ccc(F)c(Cl)c2)C1c1ccco1. The third-order valence-electron chi connectivity index (χ3n) is 5.76. The number of carbonyl (C=O) groups is 2. The molecule has 1 fully saturated rings. The molecule has 0 spiro atoms. The Bertz CT molecular complexity index is 1310. The summed E-state index contributed by atoms with van der Waals surface area (Å²) < 4.78 is 24.8. The summed E-state index contributed by atoms with van der Waals surface area (Å²) in [6.07, 6.45) is 1.40. The highest BCUT2D eigenvalue weighted by Crippen LogP contribution is 2.44. The molecule has 0 radical (unpaired) electrons. The number of carbonyl (C=O) groups excluding carboxylic acids is 2. The number of rotatable bonds is 4. The van der Waals surface area contributed by atoms with Crippen molar-refractivity contribution in [3.63, 3.8) is 0 Å². The third-order valence-corrected chi connectivity index (χ3v) is 6.05. The Morgan fingerprint density at radius 3 is 2.47 bits per heavy atom. The predicted octanol–water partition coefficient (Wildman–Crippen LogP) is 6.00. The molecular weight excluding hydrogens is 461 g/mol. The lowest BCUT2D eigenvalue weighted by Crippen LogP contribution is -2.29. The highest BCUT2D eigenvalue weighted by atomic mass is 35.5. The lowest BCUT2D eigenvalue weighted by molar-refractivity contribution is -0.132. The second-order valence-electron chi connectivity index (χ2n) is 8.95. The van der Waals surface area contributed by atoms with Gasteiger partial charge in [0.1, 0.15) is 29.1 Å².